The Balaban J connectivity index is 2.77. The van der Waals surface area contributed by atoms with E-state index in [1.807, 2.05) is 0 Å². The van der Waals surface area contributed by atoms with Crippen LogP contribution < -0.4 is 5.73 Å². The molecule has 14 heavy (non-hydrogen) atoms. The molecular weight excluding hydrogens is 202 g/mol. The van der Waals surface area contributed by atoms with Gasteiger partial charge in [0.25, 0.3) is 0 Å². The van der Waals surface area contributed by atoms with Crippen molar-refractivity contribution in [3.63, 3.8) is 0 Å². The van der Waals surface area contributed by atoms with Gasteiger partial charge in [-0.15, -0.1) is 0 Å². The molecule has 0 aliphatic rings. The monoisotopic (exact) mass is 209 g/mol. The number of pyridine rings is 1. The molecule has 0 bridgehead atoms. The molecule has 2 aromatic rings. The smallest absolute Gasteiger partial charge is 0.157 e. The third-order valence-electron chi connectivity index (χ3n) is 1.99. The van der Waals surface area contributed by atoms with Crippen molar-refractivity contribution in [3.8, 4) is 0 Å². The van der Waals surface area contributed by atoms with Crippen LogP contribution in [0.15, 0.2) is 18.3 Å². The molecular formula is C9H8ClN3O. The molecule has 72 valence electrons. The molecule has 0 aliphatic carbocycles. The number of hydrogen-bond acceptors (Lipinski definition) is 3. The minimum atomic E-state index is 0.233. The highest BCUT2D eigenvalue weighted by Gasteiger charge is 2.10. The summed E-state index contributed by atoms with van der Waals surface area (Å²) in [6, 6.07) is 3.53. The number of aldehydes is 1. The van der Waals surface area contributed by atoms with E-state index >= 15 is 0 Å². The van der Waals surface area contributed by atoms with E-state index in [1.54, 1.807) is 22.7 Å². The van der Waals surface area contributed by atoms with Gasteiger partial charge in [-0.05, 0) is 12.1 Å². The summed E-state index contributed by atoms with van der Waals surface area (Å²) in [5.41, 5.74) is 6.95. The number of imidazole rings is 1. The van der Waals surface area contributed by atoms with Gasteiger partial charge in [0.15, 0.2) is 5.15 Å². The fraction of sp³-hybridized carbons (Fsp3) is 0.111. The van der Waals surface area contributed by atoms with Gasteiger partial charge in [0, 0.05) is 6.20 Å². The lowest BCUT2D eigenvalue weighted by Crippen LogP contribution is -1.96. The Morgan fingerprint density at radius 2 is 2.43 bits per heavy atom. The molecule has 0 radical (unpaired) electrons. The fourth-order valence-corrected chi connectivity index (χ4v) is 1.70. The Kier molecular flexibility index (Phi) is 2.13. The third-order valence-corrected chi connectivity index (χ3v) is 2.26. The zero-order valence-corrected chi connectivity index (χ0v) is 8.03. The molecule has 0 aromatic carbocycles. The Bertz CT molecular complexity index is 492. The van der Waals surface area contributed by atoms with Crippen LogP contribution in [0, 0.1) is 0 Å². The van der Waals surface area contributed by atoms with E-state index in [1.165, 1.54) is 0 Å². The van der Waals surface area contributed by atoms with Crippen LogP contribution in [-0.2, 0) is 11.2 Å². The highest BCUT2D eigenvalue weighted by molar-refractivity contribution is 6.33. The van der Waals surface area contributed by atoms with E-state index in [0.29, 0.717) is 22.2 Å². The first-order valence-corrected chi connectivity index (χ1v) is 4.46. The summed E-state index contributed by atoms with van der Waals surface area (Å²) in [7, 11) is 0. The Morgan fingerprint density at radius 3 is 3.14 bits per heavy atom. The van der Waals surface area contributed by atoms with E-state index in [4.69, 9.17) is 17.3 Å². The summed E-state index contributed by atoms with van der Waals surface area (Å²) in [6.07, 6.45) is 2.80. The molecule has 0 amide bonds. The van der Waals surface area contributed by atoms with Crippen LogP contribution in [0.25, 0.3) is 5.52 Å². The molecule has 2 rings (SSSR count). The predicted octanol–water partition coefficient (Wildman–Crippen LogP) is 1.31. The summed E-state index contributed by atoms with van der Waals surface area (Å²) in [6.45, 7) is 0. The lowest BCUT2D eigenvalue weighted by molar-refractivity contribution is -0.107. The van der Waals surface area contributed by atoms with Crippen LogP contribution in [0.1, 0.15) is 5.82 Å². The number of carbonyl (C=O) groups is 1. The van der Waals surface area contributed by atoms with Crippen molar-refractivity contribution in [2.45, 2.75) is 6.42 Å². The average molecular weight is 210 g/mol. The number of nitrogens with two attached hydrogens (primary N) is 1. The van der Waals surface area contributed by atoms with Gasteiger partial charge in [-0.25, -0.2) is 4.98 Å². The molecule has 2 heterocycles. The van der Waals surface area contributed by atoms with Gasteiger partial charge >= 0.3 is 0 Å². The van der Waals surface area contributed by atoms with E-state index in [0.717, 1.165) is 6.29 Å². The number of anilines is 1. The van der Waals surface area contributed by atoms with E-state index in [-0.39, 0.29) is 6.42 Å². The van der Waals surface area contributed by atoms with Crippen molar-refractivity contribution < 1.29 is 4.79 Å². The molecule has 0 aliphatic heterocycles. The summed E-state index contributed by atoms with van der Waals surface area (Å²) in [5.74, 6) is 0.604. The molecule has 0 spiro atoms. The van der Waals surface area contributed by atoms with Crippen LogP contribution in [0.4, 0.5) is 5.69 Å². The van der Waals surface area contributed by atoms with Gasteiger partial charge in [0.1, 0.15) is 17.6 Å². The molecule has 0 saturated heterocycles. The van der Waals surface area contributed by atoms with Crippen molar-refractivity contribution in [2.24, 2.45) is 0 Å². The lowest BCUT2D eigenvalue weighted by atomic mass is 10.3. The molecule has 2 N–H and O–H groups in total. The topological polar surface area (TPSA) is 60.4 Å². The first-order valence-electron chi connectivity index (χ1n) is 4.08. The lowest BCUT2D eigenvalue weighted by Gasteiger charge is -1.99. The number of aromatic nitrogens is 2. The number of halogens is 1. The van der Waals surface area contributed by atoms with E-state index in [9.17, 15) is 4.79 Å². The number of rotatable bonds is 2. The molecule has 5 heteroatoms. The van der Waals surface area contributed by atoms with Gasteiger partial charge in [-0.2, -0.15) is 0 Å². The van der Waals surface area contributed by atoms with Crippen molar-refractivity contribution in [2.75, 3.05) is 5.73 Å². The van der Waals surface area contributed by atoms with Crippen LogP contribution in [-0.4, -0.2) is 15.7 Å². The van der Waals surface area contributed by atoms with Crippen molar-refractivity contribution in [1.29, 1.82) is 0 Å². The van der Waals surface area contributed by atoms with Gasteiger partial charge in [-0.1, -0.05) is 11.6 Å². The fourth-order valence-electron chi connectivity index (χ4n) is 1.40. The van der Waals surface area contributed by atoms with Gasteiger partial charge in [-0.3, -0.25) is 0 Å². The molecule has 0 unspecified atom stereocenters. The second-order valence-corrected chi connectivity index (χ2v) is 3.23. The highest BCUT2D eigenvalue weighted by atomic mass is 35.5. The normalized spacial score (nSPS) is 10.6. The van der Waals surface area contributed by atoms with Gasteiger partial charge in [0.2, 0.25) is 0 Å². The number of nitrogen functional groups attached to an aromatic ring is 1. The Hall–Kier alpha value is -1.55. The second kappa shape index (κ2) is 3.31. The van der Waals surface area contributed by atoms with Gasteiger partial charge in [0.05, 0.1) is 12.1 Å². The van der Waals surface area contributed by atoms with Crippen LogP contribution in [0.5, 0.6) is 0 Å². The minimum Gasteiger partial charge on any atom is -0.397 e. The standard InChI is InChI=1S/C9H8ClN3O/c10-9-8-6(11)2-1-4-13(8)7(12-9)3-5-14/h1-2,4-5H,3,11H2. The van der Waals surface area contributed by atoms with Crippen LogP contribution in [0.3, 0.4) is 0 Å². The zero-order valence-electron chi connectivity index (χ0n) is 7.27. The summed E-state index contributed by atoms with van der Waals surface area (Å²) >= 11 is 5.89. The number of carbonyl (C=O) groups excluding carboxylic acids is 1. The predicted molar refractivity (Wildman–Crippen MR) is 54.4 cm³/mol. The molecule has 0 saturated carbocycles. The van der Waals surface area contributed by atoms with Crippen molar-refractivity contribution in [3.05, 3.63) is 29.3 Å². The zero-order chi connectivity index (χ0) is 10.1. The van der Waals surface area contributed by atoms with E-state index in [2.05, 4.69) is 4.98 Å². The molecule has 4 nitrogen and oxygen atoms in total. The molecule has 2 aromatic heterocycles. The quantitative estimate of drug-likeness (QED) is 0.759. The maximum Gasteiger partial charge on any atom is 0.157 e. The Labute approximate surface area is 85.3 Å². The average Bonchev–Trinajstić information content (AvgIpc) is 2.46. The molecule has 0 fully saturated rings. The summed E-state index contributed by atoms with van der Waals surface area (Å²) in [5, 5.41) is 0.333. The van der Waals surface area contributed by atoms with Crippen LogP contribution >= 0.6 is 11.6 Å². The SMILES string of the molecule is Nc1cccn2c(CC=O)nc(Cl)c12. The highest BCUT2D eigenvalue weighted by Crippen LogP contribution is 2.23. The van der Waals surface area contributed by atoms with Crippen LogP contribution in [0.2, 0.25) is 5.15 Å². The third kappa shape index (κ3) is 1.24. The largest absolute Gasteiger partial charge is 0.397 e. The van der Waals surface area contributed by atoms with Crippen molar-refractivity contribution >= 4 is 29.1 Å². The maximum atomic E-state index is 10.4. The summed E-state index contributed by atoms with van der Waals surface area (Å²) < 4.78 is 1.73. The number of fused-ring (bicyclic) bond motifs is 1. The van der Waals surface area contributed by atoms with Crippen molar-refractivity contribution in [1.82, 2.24) is 9.38 Å². The second-order valence-electron chi connectivity index (χ2n) is 2.87. The van der Waals surface area contributed by atoms with E-state index < -0.39 is 0 Å². The number of hydrogen-bond donors (Lipinski definition) is 1. The summed E-state index contributed by atoms with van der Waals surface area (Å²) in [4.78, 5) is 14.4. The minimum absolute atomic E-state index is 0.233. The maximum absolute atomic E-state index is 10.4. The van der Waals surface area contributed by atoms with Gasteiger partial charge < -0.3 is 14.9 Å². The first kappa shape index (κ1) is 9.02. The first-order chi connectivity index (χ1) is 6.74. The number of nitrogens with zero attached hydrogens (tertiary/aromatic N) is 2. The molecule has 0 atom stereocenters. The Morgan fingerprint density at radius 1 is 1.64 bits per heavy atom.